The number of carbonyl (C=O) groups is 4. The molecule has 3 amide bonds. The van der Waals surface area contributed by atoms with E-state index in [9.17, 15) is 19.2 Å². The molecule has 2 aromatic rings. The zero-order valence-electron chi connectivity index (χ0n) is 20.3. The molecule has 2 N–H and O–H groups in total. The largest absolute Gasteiger partial charge is 0.443 e. The summed E-state index contributed by atoms with van der Waals surface area (Å²) in [5.74, 6) is -0.616. The fourth-order valence-corrected chi connectivity index (χ4v) is 5.73. The second-order valence-electron chi connectivity index (χ2n) is 8.84. The number of halogens is 2. The highest BCUT2D eigenvalue weighted by Gasteiger charge is 2.30. The molecule has 39 heavy (non-hydrogen) atoms. The van der Waals surface area contributed by atoms with E-state index >= 15 is 0 Å². The van der Waals surface area contributed by atoms with Crippen molar-refractivity contribution in [2.75, 3.05) is 13.1 Å². The van der Waals surface area contributed by atoms with Crippen molar-refractivity contribution in [3.05, 3.63) is 108 Å². The molecule has 3 aliphatic rings. The van der Waals surface area contributed by atoms with E-state index in [1.54, 1.807) is 40.6 Å². The molecule has 11 heteroatoms. The van der Waals surface area contributed by atoms with Gasteiger partial charge in [0.25, 0.3) is 17.7 Å². The zero-order chi connectivity index (χ0) is 27.5. The molecule has 0 radical (unpaired) electrons. The molecule has 1 aliphatic carbocycles. The van der Waals surface area contributed by atoms with Crippen LogP contribution < -0.4 is 10.6 Å². The number of thiophene rings is 1. The highest BCUT2D eigenvalue weighted by Crippen LogP contribution is 2.35. The molecule has 8 nitrogen and oxygen atoms in total. The summed E-state index contributed by atoms with van der Waals surface area (Å²) in [5.41, 5.74) is 5.25. The van der Waals surface area contributed by atoms with E-state index in [2.05, 4.69) is 16.4 Å². The lowest BCUT2D eigenvalue weighted by atomic mass is 9.96. The number of hydrogen-bond acceptors (Lipinski definition) is 6. The van der Waals surface area contributed by atoms with Gasteiger partial charge in [-0.2, -0.15) is 0 Å². The predicted octanol–water partition coefficient (Wildman–Crippen LogP) is 4.12. The number of ether oxygens (including phenoxy) is 1. The van der Waals surface area contributed by atoms with E-state index < -0.39 is 11.9 Å². The monoisotopic (exact) mass is 581 g/mol. The Hall–Kier alpha value is -3.88. The van der Waals surface area contributed by atoms with E-state index in [1.807, 2.05) is 18.2 Å². The minimum atomic E-state index is -0.986. The molecule has 1 aromatic heterocycles. The first-order valence-corrected chi connectivity index (χ1v) is 13.6. The average molecular weight is 582 g/mol. The third-order valence-electron chi connectivity index (χ3n) is 6.25. The van der Waals surface area contributed by atoms with Crippen molar-refractivity contribution >= 4 is 58.5 Å². The van der Waals surface area contributed by atoms with Crippen LogP contribution in [-0.2, 0) is 27.3 Å². The minimum absolute atomic E-state index is 0.0353. The van der Waals surface area contributed by atoms with Crippen LogP contribution in [0.5, 0.6) is 0 Å². The maximum atomic E-state index is 13.2. The molecular formula is C28H21Cl2N3O5S. The number of rotatable bonds is 7. The van der Waals surface area contributed by atoms with Gasteiger partial charge >= 0.3 is 0 Å². The zero-order valence-corrected chi connectivity index (χ0v) is 22.7. The summed E-state index contributed by atoms with van der Waals surface area (Å²) in [7, 11) is 0. The molecule has 0 saturated carbocycles. The van der Waals surface area contributed by atoms with Crippen LogP contribution in [0.25, 0.3) is 0 Å². The molecule has 0 unspecified atom stereocenters. The Labute approximate surface area is 237 Å². The van der Waals surface area contributed by atoms with E-state index in [0.717, 1.165) is 5.57 Å². The second kappa shape index (κ2) is 11.5. The first-order valence-electron chi connectivity index (χ1n) is 12.0. The Morgan fingerprint density at radius 3 is 2.79 bits per heavy atom. The number of fused-ring (bicyclic) bond motifs is 1. The molecule has 3 heterocycles. The lowest BCUT2D eigenvalue weighted by molar-refractivity contribution is -0.131. The molecule has 0 fully saturated rings. The maximum Gasteiger partial charge on any atom is 0.289 e. The van der Waals surface area contributed by atoms with Gasteiger partial charge < -0.3 is 25.1 Å². The van der Waals surface area contributed by atoms with Gasteiger partial charge in [-0.25, -0.2) is 0 Å². The summed E-state index contributed by atoms with van der Waals surface area (Å²) < 4.78 is 5.71. The molecule has 1 aromatic carbocycles. The summed E-state index contributed by atoms with van der Waals surface area (Å²) in [6.45, 7) is 0.483. The van der Waals surface area contributed by atoms with Crippen LogP contribution in [0.4, 0.5) is 0 Å². The van der Waals surface area contributed by atoms with Crippen molar-refractivity contribution in [2.45, 2.75) is 19.0 Å². The van der Waals surface area contributed by atoms with E-state index in [4.69, 9.17) is 27.9 Å². The molecule has 198 valence electrons. The number of aldehydes is 1. The van der Waals surface area contributed by atoms with Crippen LogP contribution in [0.2, 0.25) is 10.0 Å². The van der Waals surface area contributed by atoms with Gasteiger partial charge in [-0.1, -0.05) is 47.2 Å². The highest BCUT2D eigenvalue weighted by atomic mass is 35.5. The van der Waals surface area contributed by atoms with Crippen molar-refractivity contribution in [3.8, 4) is 0 Å². The van der Waals surface area contributed by atoms with E-state index in [-0.39, 0.29) is 46.3 Å². The Bertz CT molecular complexity index is 1530. The first kappa shape index (κ1) is 26.7. The van der Waals surface area contributed by atoms with E-state index in [1.165, 1.54) is 11.3 Å². The lowest BCUT2D eigenvalue weighted by Crippen LogP contribution is -2.45. The molecular weight excluding hydrogens is 561 g/mol. The number of hydrogen-bond donors (Lipinski definition) is 2. The van der Waals surface area contributed by atoms with Gasteiger partial charge in [-0.3, -0.25) is 14.4 Å². The van der Waals surface area contributed by atoms with Gasteiger partial charge in [0.15, 0.2) is 11.5 Å². The van der Waals surface area contributed by atoms with E-state index in [0.29, 0.717) is 41.0 Å². The summed E-state index contributed by atoms with van der Waals surface area (Å²) in [6.07, 6.45) is 9.79. The van der Waals surface area contributed by atoms with Crippen LogP contribution in [-0.4, -0.2) is 48.0 Å². The summed E-state index contributed by atoms with van der Waals surface area (Å²) in [5, 5.41) is 7.21. The predicted molar refractivity (Wildman–Crippen MR) is 148 cm³/mol. The van der Waals surface area contributed by atoms with Crippen molar-refractivity contribution in [2.24, 2.45) is 0 Å². The summed E-state index contributed by atoms with van der Waals surface area (Å²) in [6, 6.07) is 4.02. The normalized spacial score (nSPS) is 16.1. The van der Waals surface area contributed by atoms with Gasteiger partial charge in [0.2, 0.25) is 0 Å². The third kappa shape index (κ3) is 5.77. The molecule has 1 atom stereocenters. The maximum absolute atomic E-state index is 13.2. The van der Waals surface area contributed by atoms with Crippen LogP contribution in [0.3, 0.4) is 0 Å². The van der Waals surface area contributed by atoms with Crippen LogP contribution in [0.1, 0.15) is 31.2 Å². The Morgan fingerprint density at radius 1 is 1.21 bits per heavy atom. The number of benzene rings is 1. The Morgan fingerprint density at radius 2 is 2.03 bits per heavy atom. The van der Waals surface area contributed by atoms with Crippen LogP contribution >= 0.6 is 34.5 Å². The van der Waals surface area contributed by atoms with Crippen molar-refractivity contribution in [1.29, 1.82) is 0 Å². The number of nitrogens with one attached hydrogen (secondary N) is 2. The molecule has 2 aliphatic heterocycles. The number of allylic oxidation sites excluding steroid dienone is 5. The fourth-order valence-electron chi connectivity index (χ4n) is 4.33. The molecule has 2 bridgehead atoms. The Balaban J connectivity index is 1.27. The fraction of sp³-hybridized carbons (Fsp3) is 0.179. The average Bonchev–Trinajstić information content (AvgIpc) is 3.42. The van der Waals surface area contributed by atoms with Crippen LogP contribution in [0, 0.1) is 0 Å². The molecule has 5 rings (SSSR count). The smallest absolute Gasteiger partial charge is 0.289 e. The quantitative estimate of drug-likeness (QED) is 0.378. The standard InChI is InChI=1S/C28H21Cl2N3O5S/c29-21-12-17-14-33(28(37)22-11-16-4-1-2-5-19(10-16)38-22)8-7-20(17)25(30)24(21)27(36)32-18(15-34)13-31-26(35)23-6-3-9-39-23/h1-6,9,11-12,15,18H,7-8,13-14H2,(H,31,35)(H,32,36)/t18-/m0/s1. The summed E-state index contributed by atoms with van der Waals surface area (Å²) >= 11 is 14.4. The topological polar surface area (TPSA) is 105 Å². The van der Waals surface area contributed by atoms with Crippen molar-refractivity contribution < 1.29 is 23.9 Å². The van der Waals surface area contributed by atoms with Gasteiger partial charge in [0.1, 0.15) is 12.3 Å². The van der Waals surface area contributed by atoms with Gasteiger partial charge in [0, 0.05) is 31.3 Å². The Kier molecular flexibility index (Phi) is 7.86. The van der Waals surface area contributed by atoms with Crippen LogP contribution in [0.15, 0.2) is 76.8 Å². The number of nitrogens with zero attached hydrogens (tertiary/aromatic N) is 1. The van der Waals surface area contributed by atoms with Gasteiger partial charge in [-0.15, -0.1) is 11.3 Å². The highest BCUT2D eigenvalue weighted by molar-refractivity contribution is 7.12. The lowest BCUT2D eigenvalue weighted by Gasteiger charge is -2.31. The second-order valence-corrected chi connectivity index (χ2v) is 10.6. The van der Waals surface area contributed by atoms with Crippen molar-refractivity contribution in [1.82, 2.24) is 15.5 Å². The molecule has 0 spiro atoms. The first-order chi connectivity index (χ1) is 18.8. The van der Waals surface area contributed by atoms with Crippen molar-refractivity contribution in [3.63, 3.8) is 0 Å². The van der Waals surface area contributed by atoms with Gasteiger partial charge in [0.05, 0.1) is 20.5 Å². The van der Waals surface area contributed by atoms with Gasteiger partial charge in [-0.05, 0) is 47.2 Å². The molecule has 0 saturated heterocycles. The number of carbonyl (C=O) groups excluding carboxylic acids is 4. The SMILES string of the molecule is O=C[C@H](CNC(=O)c1cccs1)NC(=O)c1c(Cl)cc2c(c1Cl)CCN(C(=O)C1=CC3=C=C(C=CC=C3)O1)C2. The summed E-state index contributed by atoms with van der Waals surface area (Å²) in [4.78, 5) is 52.2. The number of amides is 3. The minimum Gasteiger partial charge on any atom is -0.443 e. The third-order valence-corrected chi connectivity index (χ3v) is 7.83.